The SMILES string of the molecule is CCOC(CCCCCCCC(C)C)C(OCC)(OCC)C(OCC)(OCC)OC(OCC)(OCC)C(OCC)(OCC)C(CCCCCCCC(C)C)OCC. The second-order valence-electron chi connectivity index (χ2n) is 15.4. The third-order valence-electron chi connectivity index (χ3n) is 9.97. The van der Waals surface area contributed by atoms with Crippen molar-refractivity contribution in [1.29, 1.82) is 0 Å². The zero-order valence-corrected chi connectivity index (χ0v) is 39.8. The Kier molecular flexibility index (Phi) is 33.0. The van der Waals surface area contributed by atoms with Crippen LogP contribution in [0, 0.1) is 11.8 Å². The third-order valence-corrected chi connectivity index (χ3v) is 9.97. The highest BCUT2D eigenvalue weighted by atomic mass is 17.0. The standard InChI is InChI=1S/C46H94O11/c1-15-47-41(37-33-29-25-27-31-35-39(11)12)43(49-17-3,50-18-4)45(53-21-7,54-22-8)57-46(55-23-9,56-24-10)44(51-19-5,52-20-6)42(48-16-2)38-34-30-26-28-32-36-40(13)14/h39-42H,15-38H2,1-14H3. The normalized spacial score (nSPS) is 14.3. The molecule has 344 valence electrons. The molecule has 0 bridgehead atoms. The van der Waals surface area contributed by atoms with E-state index in [1.54, 1.807) is 0 Å². The van der Waals surface area contributed by atoms with E-state index in [9.17, 15) is 0 Å². The zero-order chi connectivity index (χ0) is 43.1. The summed E-state index contributed by atoms with van der Waals surface area (Å²) in [6.07, 6.45) is 13.4. The molecular formula is C46H94O11. The van der Waals surface area contributed by atoms with E-state index in [1.807, 2.05) is 69.2 Å². The third kappa shape index (κ3) is 18.2. The summed E-state index contributed by atoms with van der Waals surface area (Å²) in [5.74, 6) is -6.25. The fourth-order valence-corrected chi connectivity index (χ4v) is 7.74. The average Bonchev–Trinajstić information content (AvgIpc) is 3.16. The lowest BCUT2D eigenvalue weighted by Gasteiger charge is -2.56. The van der Waals surface area contributed by atoms with Crippen LogP contribution in [0.4, 0.5) is 0 Å². The fourth-order valence-electron chi connectivity index (χ4n) is 7.74. The summed E-state index contributed by atoms with van der Waals surface area (Å²) in [6, 6.07) is 0. The Morgan fingerprint density at radius 2 is 0.544 bits per heavy atom. The van der Waals surface area contributed by atoms with Gasteiger partial charge in [-0.25, -0.2) is 0 Å². The smallest absolute Gasteiger partial charge is 0.347 e. The van der Waals surface area contributed by atoms with Crippen molar-refractivity contribution < 1.29 is 52.1 Å². The molecule has 0 aliphatic carbocycles. The molecule has 0 aliphatic rings. The Morgan fingerprint density at radius 3 is 0.772 bits per heavy atom. The van der Waals surface area contributed by atoms with Crippen LogP contribution in [0.1, 0.15) is 187 Å². The van der Waals surface area contributed by atoms with Gasteiger partial charge >= 0.3 is 11.9 Å². The quantitative estimate of drug-likeness (QED) is 0.0434. The summed E-state index contributed by atoms with van der Waals surface area (Å²) in [5.41, 5.74) is 0. The summed E-state index contributed by atoms with van der Waals surface area (Å²) in [6.45, 7) is 30.8. The van der Waals surface area contributed by atoms with Gasteiger partial charge in [0, 0.05) is 66.1 Å². The fraction of sp³-hybridized carbons (Fsp3) is 1.00. The lowest BCUT2D eigenvalue weighted by atomic mass is 9.96. The van der Waals surface area contributed by atoms with E-state index in [1.165, 1.54) is 38.5 Å². The Hall–Kier alpha value is -0.440. The molecule has 2 atom stereocenters. The largest absolute Gasteiger partial charge is 0.373 e. The first kappa shape index (κ1) is 56.6. The van der Waals surface area contributed by atoms with Gasteiger partial charge in [-0.05, 0) is 93.9 Å². The maximum Gasteiger partial charge on any atom is 0.347 e. The maximum atomic E-state index is 7.40. The number of hydrogen-bond acceptors (Lipinski definition) is 11. The lowest BCUT2D eigenvalue weighted by molar-refractivity contribution is -0.609. The van der Waals surface area contributed by atoms with Crippen LogP contribution in [0.3, 0.4) is 0 Å². The van der Waals surface area contributed by atoms with Gasteiger partial charge in [0.1, 0.15) is 12.2 Å². The van der Waals surface area contributed by atoms with Gasteiger partial charge in [0.2, 0.25) is 0 Å². The van der Waals surface area contributed by atoms with Crippen LogP contribution in [-0.4, -0.2) is 102 Å². The molecule has 0 aromatic rings. The number of rotatable bonds is 42. The zero-order valence-electron chi connectivity index (χ0n) is 39.8. The summed E-state index contributed by atoms with van der Waals surface area (Å²) in [7, 11) is 0. The van der Waals surface area contributed by atoms with Crippen LogP contribution in [0.15, 0.2) is 0 Å². The van der Waals surface area contributed by atoms with Gasteiger partial charge in [-0.2, -0.15) is 0 Å². The van der Waals surface area contributed by atoms with Crippen molar-refractivity contribution in [3.63, 3.8) is 0 Å². The minimum Gasteiger partial charge on any atom is -0.373 e. The van der Waals surface area contributed by atoms with E-state index >= 15 is 0 Å². The lowest BCUT2D eigenvalue weighted by Crippen LogP contribution is -2.76. The Balaban J connectivity index is 7.66. The van der Waals surface area contributed by atoms with Crippen molar-refractivity contribution in [2.24, 2.45) is 11.8 Å². The highest BCUT2D eigenvalue weighted by Crippen LogP contribution is 2.49. The molecule has 0 rings (SSSR count). The highest BCUT2D eigenvalue weighted by molar-refractivity contribution is 4.98. The van der Waals surface area contributed by atoms with E-state index in [0.717, 1.165) is 38.5 Å². The minimum atomic E-state index is -2.10. The molecule has 0 amide bonds. The predicted octanol–water partition coefficient (Wildman–Crippen LogP) is 11.6. The predicted molar refractivity (Wildman–Crippen MR) is 230 cm³/mol. The second kappa shape index (κ2) is 33.2. The highest BCUT2D eigenvalue weighted by Gasteiger charge is 2.72. The van der Waals surface area contributed by atoms with Crippen LogP contribution in [0.25, 0.3) is 0 Å². The molecule has 11 heteroatoms. The molecule has 2 unspecified atom stereocenters. The Morgan fingerprint density at radius 1 is 0.298 bits per heavy atom. The van der Waals surface area contributed by atoms with Gasteiger partial charge in [0.25, 0.3) is 11.6 Å². The van der Waals surface area contributed by atoms with Crippen molar-refractivity contribution in [3.05, 3.63) is 0 Å². The van der Waals surface area contributed by atoms with Gasteiger partial charge < -0.3 is 47.4 Å². The summed E-state index contributed by atoms with van der Waals surface area (Å²) < 4.78 is 74.9. The van der Waals surface area contributed by atoms with Crippen LogP contribution in [0.5, 0.6) is 0 Å². The average molecular weight is 823 g/mol. The topological polar surface area (TPSA) is 102 Å². The molecule has 0 saturated heterocycles. The summed E-state index contributed by atoms with van der Waals surface area (Å²) in [5, 5.41) is 0. The van der Waals surface area contributed by atoms with E-state index in [2.05, 4.69) is 27.7 Å². The van der Waals surface area contributed by atoms with Crippen LogP contribution in [-0.2, 0) is 52.1 Å². The molecule has 0 aliphatic heterocycles. The van der Waals surface area contributed by atoms with E-state index < -0.39 is 35.7 Å². The van der Waals surface area contributed by atoms with Crippen molar-refractivity contribution >= 4 is 0 Å². The molecule has 0 aromatic heterocycles. The molecule has 0 radical (unpaired) electrons. The summed E-state index contributed by atoms with van der Waals surface area (Å²) in [4.78, 5) is 0. The Labute approximate surface area is 351 Å². The first-order valence-electron chi connectivity index (χ1n) is 23.5. The molecule has 0 aromatic carbocycles. The Bertz CT molecular complexity index is 808. The van der Waals surface area contributed by atoms with Crippen molar-refractivity contribution in [3.8, 4) is 0 Å². The van der Waals surface area contributed by atoms with Crippen molar-refractivity contribution in [2.75, 3.05) is 66.1 Å². The molecule has 0 N–H and O–H groups in total. The van der Waals surface area contributed by atoms with E-state index in [0.29, 0.717) is 37.9 Å². The van der Waals surface area contributed by atoms with E-state index in [-0.39, 0.29) is 52.9 Å². The monoisotopic (exact) mass is 823 g/mol. The molecule has 0 heterocycles. The summed E-state index contributed by atoms with van der Waals surface area (Å²) >= 11 is 0. The van der Waals surface area contributed by atoms with Gasteiger partial charge in [0.05, 0.1) is 0 Å². The molecule has 57 heavy (non-hydrogen) atoms. The van der Waals surface area contributed by atoms with Crippen molar-refractivity contribution in [2.45, 2.75) is 223 Å². The minimum absolute atomic E-state index is 0.174. The van der Waals surface area contributed by atoms with E-state index in [4.69, 9.17) is 52.1 Å². The van der Waals surface area contributed by atoms with Gasteiger partial charge in [0.15, 0.2) is 0 Å². The molecule has 0 fully saturated rings. The number of unbranched alkanes of at least 4 members (excludes halogenated alkanes) is 8. The first-order valence-corrected chi connectivity index (χ1v) is 23.5. The van der Waals surface area contributed by atoms with Crippen molar-refractivity contribution in [1.82, 2.24) is 0 Å². The van der Waals surface area contributed by atoms with Gasteiger partial charge in [-0.3, -0.25) is 4.74 Å². The van der Waals surface area contributed by atoms with Crippen LogP contribution < -0.4 is 0 Å². The van der Waals surface area contributed by atoms with Gasteiger partial charge in [-0.1, -0.05) is 105 Å². The van der Waals surface area contributed by atoms with Crippen LogP contribution in [0.2, 0.25) is 0 Å². The molecule has 11 nitrogen and oxygen atoms in total. The number of hydrogen-bond donors (Lipinski definition) is 0. The molecular weight excluding hydrogens is 728 g/mol. The molecule has 0 saturated carbocycles. The molecule has 0 spiro atoms. The second-order valence-corrected chi connectivity index (χ2v) is 15.4. The number of ether oxygens (including phenoxy) is 11. The van der Waals surface area contributed by atoms with Crippen LogP contribution >= 0.6 is 0 Å². The van der Waals surface area contributed by atoms with Gasteiger partial charge in [-0.15, -0.1) is 0 Å². The first-order chi connectivity index (χ1) is 27.4. The maximum absolute atomic E-state index is 7.40.